The summed E-state index contributed by atoms with van der Waals surface area (Å²) < 4.78 is 5.98. The van der Waals surface area contributed by atoms with E-state index in [4.69, 9.17) is 4.74 Å². The number of rotatable bonds is 8. The molecule has 0 aliphatic heterocycles. The molecule has 0 bridgehead atoms. The van der Waals surface area contributed by atoms with Crippen molar-refractivity contribution in [3.05, 3.63) is 65.7 Å². The third-order valence-electron chi connectivity index (χ3n) is 4.31. The van der Waals surface area contributed by atoms with E-state index in [0.717, 1.165) is 18.7 Å². The molecule has 0 spiro atoms. The van der Waals surface area contributed by atoms with Gasteiger partial charge in [0.05, 0.1) is 0 Å². The predicted octanol–water partition coefficient (Wildman–Crippen LogP) is 4.96. The molecule has 0 saturated carbocycles. The zero-order valence-corrected chi connectivity index (χ0v) is 14.8. The molecule has 0 heterocycles. The summed E-state index contributed by atoms with van der Waals surface area (Å²) in [7, 11) is 4.28. The first kappa shape index (κ1) is 17.6. The Kier molecular flexibility index (Phi) is 6.66. The van der Waals surface area contributed by atoms with Crippen LogP contribution in [-0.2, 0) is 6.61 Å². The summed E-state index contributed by atoms with van der Waals surface area (Å²) in [6.07, 6.45) is 1.15. The number of benzene rings is 2. The summed E-state index contributed by atoms with van der Waals surface area (Å²) in [4.78, 5) is 2.27. The lowest BCUT2D eigenvalue weighted by Crippen LogP contribution is -2.24. The number of nitrogens with zero attached hydrogens (tertiary/aromatic N) is 1. The molecule has 0 radical (unpaired) electrons. The fraction of sp³-hybridized carbons (Fsp3) is 0.429. The topological polar surface area (TPSA) is 12.5 Å². The average molecular weight is 311 g/mol. The second kappa shape index (κ2) is 8.73. The minimum Gasteiger partial charge on any atom is -0.489 e. The van der Waals surface area contributed by atoms with Crippen LogP contribution < -0.4 is 4.74 Å². The van der Waals surface area contributed by atoms with Crippen LogP contribution in [0.3, 0.4) is 0 Å². The molecule has 2 heteroatoms. The molecule has 2 aromatic carbocycles. The maximum atomic E-state index is 5.98. The summed E-state index contributed by atoms with van der Waals surface area (Å²) in [5.74, 6) is 2.15. The van der Waals surface area contributed by atoms with E-state index in [1.54, 1.807) is 0 Å². The third kappa shape index (κ3) is 5.40. The van der Waals surface area contributed by atoms with Crippen LogP contribution in [0.4, 0.5) is 0 Å². The molecule has 0 fully saturated rings. The average Bonchev–Trinajstić information content (AvgIpc) is 2.54. The van der Waals surface area contributed by atoms with Crippen LogP contribution in [0, 0.1) is 5.92 Å². The smallest absolute Gasteiger partial charge is 0.120 e. The molecule has 2 unspecified atom stereocenters. The van der Waals surface area contributed by atoms with E-state index in [1.807, 2.05) is 18.2 Å². The molecule has 0 amide bonds. The molecule has 124 valence electrons. The fourth-order valence-electron chi connectivity index (χ4n) is 3.25. The highest BCUT2D eigenvalue weighted by molar-refractivity contribution is 5.31. The van der Waals surface area contributed by atoms with E-state index >= 15 is 0 Å². The van der Waals surface area contributed by atoms with Gasteiger partial charge in [-0.25, -0.2) is 0 Å². The third-order valence-corrected chi connectivity index (χ3v) is 4.31. The summed E-state index contributed by atoms with van der Waals surface area (Å²) >= 11 is 0. The lowest BCUT2D eigenvalue weighted by Gasteiger charge is -2.26. The van der Waals surface area contributed by atoms with Crippen LogP contribution in [0.5, 0.6) is 5.75 Å². The van der Waals surface area contributed by atoms with Crippen molar-refractivity contribution >= 4 is 0 Å². The van der Waals surface area contributed by atoms with Crippen molar-refractivity contribution < 1.29 is 4.74 Å². The highest BCUT2D eigenvalue weighted by Gasteiger charge is 2.18. The number of ether oxygens (including phenoxy) is 1. The van der Waals surface area contributed by atoms with Gasteiger partial charge < -0.3 is 9.64 Å². The van der Waals surface area contributed by atoms with E-state index in [9.17, 15) is 0 Å². The van der Waals surface area contributed by atoms with Gasteiger partial charge >= 0.3 is 0 Å². The zero-order valence-electron chi connectivity index (χ0n) is 14.8. The first-order valence-corrected chi connectivity index (χ1v) is 8.51. The zero-order chi connectivity index (χ0) is 16.7. The van der Waals surface area contributed by atoms with Crippen LogP contribution in [0.15, 0.2) is 54.6 Å². The van der Waals surface area contributed by atoms with Gasteiger partial charge in [-0.1, -0.05) is 56.3 Å². The summed E-state index contributed by atoms with van der Waals surface area (Å²) in [6.45, 7) is 6.34. The van der Waals surface area contributed by atoms with Crippen LogP contribution in [0.25, 0.3) is 0 Å². The molecular formula is C21H29NO. The van der Waals surface area contributed by atoms with Gasteiger partial charge in [-0.05, 0) is 55.6 Å². The van der Waals surface area contributed by atoms with Crippen molar-refractivity contribution in [3.8, 4) is 5.75 Å². The van der Waals surface area contributed by atoms with Crippen molar-refractivity contribution in [1.29, 1.82) is 0 Å². The van der Waals surface area contributed by atoms with Gasteiger partial charge in [-0.2, -0.15) is 0 Å². The van der Waals surface area contributed by atoms with Gasteiger partial charge in [-0.3, -0.25) is 0 Å². The van der Waals surface area contributed by atoms with E-state index < -0.39 is 0 Å². The van der Waals surface area contributed by atoms with Gasteiger partial charge in [0.2, 0.25) is 0 Å². The Bertz CT molecular complexity index is 579. The van der Waals surface area contributed by atoms with E-state index in [1.165, 1.54) is 11.1 Å². The quantitative estimate of drug-likeness (QED) is 0.683. The number of hydrogen-bond acceptors (Lipinski definition) is 2. The van der Waals surface area contributed by atoms with Gasteiger partial charge in [0.15, 0.2) is 0 Å². The Morgan fingerprint density at radius 3 is 2.39 bits per heavy atom. The molecule has 0 aromatic heterocycles. The van der Waals surface area contributed by atoms with Gasteiger partial charge in [-0.15, -0.1) is 0 Å². The normalized spacial score (nSPS) is 13.8. The lowest BCUT2D eigenvalue weighted by molar-refractivity contribution is 0.296. The van der Waals surface area contributed by atoms with Crippen molar-refractivity contribution in [2.45, 2.75) is 32.8 Å². The van der Waals surface area contributed by atoms with Crippen LogP contribution in [0.2, 0.25) is 0 Å². The van der Waals surface area contributed by atoms with E-state index in [-0.39, 0.29) is 0 Å². The summed E-state index contributed by atoms with van der Waals surface area (Å²) in [5, 5.41) is 0. The highest BCUT2D eigenvalue weighted by Crippen LogP contribution is 2.30. The van der Waals surface area contributed by atoms with Crippen molar-refractivity contribution in [2.75, 3.05) is 20.6 Å². The molecule has 23 heavy (non-hydrogen) atoms. The maximum absolute atomic E-state index is 5.98. The first-order valence-electron chi connectivity index (χ1n) is 8.51. The van der Waals surface area contributed by atoms with Crippen molar-refractivity contribution in [1.82, 2.24) is 4.90 Å². The minimum absolute atomic E-state index is 0.567. The molecule has 2 rings (SSSR count). The Balaban J connectivity index is 2.05. The molecule has 0 N–H and O–H groups in total. The molecule has 2 atom stereocenters. The maximum Gasteiger partial charge on any atom is 0.120 e. The minimum atomic E-state index is 0.567. The van der Waals surface area contributed by atoms with E-state index in [0.29, 0.717) is 18.4 Å². The SMILES string of the molecule is CCC(c1cccc(OCc2ccccc2)c1)C(C)CN(C)C. The van der Waals surface area contributed by atoms with Crippen LogP contribution >= 0.6 is 0 Å². The Morgan fingerprint density at radius 1 is 1.00 bits per heavy atom. The summed E-state index contributed by atoms with van der Waals surface area (Å²) in [6, 6.07) is 18.9. The molecular weight excluding hydrogens is 282 g/mol. The molecule has 2 nitrogen and oxygen atoms in total. The second-order valence-electron chi connectivity index (χ2n) is 6.60. The van der Waals surface area contributed by atoms with Crippen LogP contribution in [-0.4, -0.2) is 25.5 Å². The monoisotopic (exact) mass is 311 g/mol. The standard InChI is InChI=1S/C21H29NO/c1-5-21(17(2)15-22(3)4)19-12-9-13-20(14-19)23-16-18-10-7-6-8-11-18/h6-14,17,21H,5,15-16H2,1-4H3. The van der Waals surface area contributed by atoms with Gasteiger partial charge in [0, 0.05) is 6.54 Å². The van der Waals surface area contributed by atoms with Crippen molar-refractivity contribution in [2.24, 2.45) is 5.92 Å². The second-order valence-corrected chi connectivity index (χ2v) is 6.60. The van der Waals surface area contributed by atoms with Gasteiger partial charge in [0.25, 0.3) is 0 Å². The molecule has 2 aromatic rings. The van der Waals surface area contributed by atoms with Crippen molar-refractivity contribution in [3.63, 3.8) is 0 Å². The lowest BCUT2D eigenvalue weighted by atomic mass is 9.85. The van der Waals surface area contributed by atoms with E-state index in [2.05, 4.69) is 69.2 Å². The fourth-order valence-corrected chi connectivity index (χ4v) is 3.25. The first-order chi connectivity index (χ1) is 11.1. The largest absolute Gasteiger partial charge is 0.489 e. The van der Waals surface area contributed by atoms with Crippen LogP contribution in [0.1, 0.15) is 37.3 Å². The number of hydrogen-bond donors (Lipinski definition) is 0. The molecule has 0 aliphatic carbocycles. The van der Waals surface area contributed by atoms with Gasteiger partial charge in [0.1, 0.15) is 12.4 Å². The Morgan fingerprint density at radius 2 is 1.74 bits per heavy atom. The molecule has 0 saturated heterocycles. The summed E-state index contributed by atoms with van der Waals surface area (Å²) in [5.41, 5.74) is 2.58. The Hall–Kier alpha value is -1.80. The highest BCUT2D eigenvalue weighted by atomic mass is 16.5. The molecule has 0 aliphatic rings. The Labute approximate surface area is 141 Å². The predicted molar refractivity (Wildman–Crippen MR) is 98.0 cm³/mol.